The van der Waals surface area contributed by atoms with Crippen molar-refractivity contribution in [1.82, 2.24) is 9.62 Å². The average Bonchev–Trinajstić information content (AvgIpc) is 2.56. The molecule has 0 aromatic heterocycles. The van der Waals surface area contributed by atoms with Crippen LogP contribution in [0.3, 0.4) is 0 Å². The molecule has 0 heterocycles. The van der Waals surface area contributed by atoms with Gasteiger partial charge >= 0.3 is 0 Å². The average molecular weight is 385 g/mol. The van der Waals surface area contributed by atoms with Gasteiger partial charge in [0, 0.05) is 25.2 Å². The Labute approximate surface area is 155 Å². The molecule has 0 saturated heterocycles. The Balaban J connectivity index is 2.15. The molecule has 0 spiro atoms. The lowest BCUT2D eigenvalue weighted by Crippen LogP contribution is -2.37. The Hall–Kier alpha value is -1.71. The molecule has 0 aliphatic heterocycles. The molecular weight excluding hydrogens is 356 g/mol. The third kappa shape index (κ3) is 5.65. The fraction of sp³-hybridized carbons (Fsp3) is 0.647. The van der Waals surface area contributed by atoms with E-state index >= 15 is 0 Å². The lowest BCUT2D eigenvalue weighted by Gasteiger charge is -2.26. The zero-order valence-electron chi connectivity index (χ0n) is 15.6. The molecule has 0 amide bonds. The Bertz CT molecular complexity index is 728. The summed E-state index contributed by atoms with van der Waals surface area (Å²) in [6, 6.07) is 3.91. The van der Waals surface area contributed by atoms with Crippen LogP contribution < -0.4 is 10.0 Å². The predicted octanol–water partition coefficient (Wildman–Crippen LogP) is 2.43. The van der Waals surface area contributed by atoms with Crippen molar-refractivity contribution in [3.05, 3.63) is 28.3 Å². The minimum absolute atomic E-state index is 0.0685. The van der Waals surface area contributed by atoms with Gasteiger partial charge in [-0.25, -0.2) is 13.1 Å². The largest absolute Gasteiger partial charge is 0.378 e. The summed E-state index contributed by atoms with van der Waals surface area (Å²) in [6.07, 6.45) is 3.57. The van der Waals surface area contributed by atoms with Gasteiger partial charge in [-0.2, -0.15) is 0 Å². The van der Waals surface area contributed by atoms with Gasteiger partial charge in [-0.05, 0) is 57.8 Å². The summed E-state index contributed by atoms with van der Waals surface area (Å²) >= 11 is 0. The molecule has 1 aliphatic carbocycles. The number of likely N-dealkylation sites (N-methyl/N-ethyl adjacent to an activating group) is 1. The first-order valence-electron chi connectivity index (χ1n) is 8.88. The monoisotopic (exact) mass is 384 g/mol. The van der Waals surface area contributed by atoms with E-state index in [1.165, 1.54) is 12.1 Å². The second-order valence-electron chi connectivity index (χ2n) is 7.24. The molecule has 8 nitrogen and oxygen atoms in total. The van der Waals surface area contributed by atoms with E-state index < -0.39 is 14.9 Å². The molecule has 26 heavy (non-hydrogen) atoms. The topological polar surface area (TPSA) is 105 Å². The molecule has 1 aromatic carbocycles. The lowest BCUT2D eigenvalue weighted by molar-refractivity contribution is -0.384. The van der Waals surface area contributed by atoms with Crippen molar-refractivity contribution in [3.63, 3.8) is 0 Å². The molecule has 2 N–H and O–H groups in total. The van der Waals surface area contributed by atoms with Crippen molar-refractivity contribution >= 4 is 21.4 Å². The highest BCUT2D eigenvalue weighted by Crippen LogP contribution is 2.29. The molecule has 1 aromatic rings. The van der Waals surface area contributed by atoms with E-state index in [9.17, 15) is 18.5 Å². The van der Waals surface area contributed by atoms with Gasteiger partial charge in [-0.3, -0.25) is 10.1 Å². The molecule has 2 rings (SSSR count). The second-order valence-corrected chi connectivity index (χ2v) is 8.96. The summed E-state index contributed by atoms with van der Waals surface area (Å²) in [5, 5.41) is 14.4. The van der Waals surface area contributed by atoms with Crippen molar-refractivity contribution in [2.24, 2.45) is 5.92 Å². The number of nitrogens with zero attached hydrogens (tertiary/aromatic N) is 2. The van der Waals surface area contributed by atoms with Gasteiger partial charge in [-0.15, -0.1) is 0 Å². The van der Waals surface area contributed by atoms with Crippen LogP contribution in [0.2, 0.25) is 0 Å². The standard InChI is InChI=1S/C17H28N4O4S/c1-13-4-6-14(7-5-13)19-26(24,25)15-8-9-16(17(12-15)21(22)23)18-10-11-20(2)3/h8-9,12-14,18-19H,4-7,10-11H2,1-3H3. The molecule has 1 aliphatic rings. The number of hydrogen-bond acceptors (Lipinski definition) is 6. The number of anilines is 1. The Morgan fingerprint density at radius 2 is 1.88 bits per heavy atom. The Morgan fingerprint density at radius 3 is 2.46 bits per heavy atom. The summed E-state index contributed by atoms with van der Waals surface area (Å²) < 4.78 is 27.9. The van der Waals surface area contributed by atoms with E-state index in [0.717, 1.165) is 31.7 Å². The van der Waals surface area contributed by atoms with Crippen LogP contribution in [0.1, 0.15) is 32.6 Å². The number of nitro groups is 1. The van der Waals surface area contributed by atoms with E-state index in [4.69, 9.17) is 0 Å². The quantitative estimate of drug-likeness (QED) is 0.527. The maximum Gasteiger partial charge on any atom is 0.293 e. The van der Waals surface area contributed by atoms with Gasteiger partial charge in [0.25, 0.3) is 5.69 Å². The number of hydrogen-bond donors (Lipinski definition) is 2. The maximum atomic E-state index is 12.6. The van der Waals surface area contributed by atoms with Crippen LogP contribution >= 0.6 is 0 Å². The Kier molecular flexibility index (Phi) is 6.96. The first-order chi connectivity index (χ1) is 12.2. The smallest absolute Gasteiger partial charge is 0.293 e. The number of nitrogens with one attached hydrogen (secondary N) is 2. The minimum atomic E-state index is -3.77. The fourth-order valence-electron chi connectivity index (χ4n) is 3.06. The summed E-state index contributed by atoms with van der Waals surface area (Å²) in [4.78, 5) is 12.7. The Morgan fingerprint density at radius 1 is 1.23 bits per heavy atom. The van der Waals surface area contributed by atoms with Crippen LogP contribution in [0.25, 0.3) is 0 Å². The fourth-order valence-corrected chi connectivity index (χ4v) is 4.38. The molecule has 0 atom stereocenters. The molecule has 1 fully saturated rings. The van der Waals surface area contributed by atoms with Gasteiger partial charge in [0.2, 0.25) is 10.0 Å². The molecule has 0 bridgehead atoms. The molecule has 1 saturated carbocycles. The summed E-state index contributed by atoms with van der Waals surface area (Å²) in [6.45, 7) is 3.40. The zero-order chi connectivity index (χ0) is 19.3. The first-order valence-corrected chi connectivity index (χ1v) is 10.4. The summed E-state index contributed by atoms with van der Waals surface area (Å²) in [5.41, 5.74) is 0.0891. The van der Waals surface area contributed by atoms with Crippen LogP contribution in [-0.4, -0.2) is 51.5 Å². The van der Waals surface area contributed by atoms with E-state index in [2.05, 4.69) is 17.0 Å². The normalized spacial score (nSPS) is 20.9. The molecule has 0 unspecified atom stereocenters. The van der Waals surface area contributed by atoms with E-state index in [0.29, 0.717) is 24.7 Å². The summed E-state index contributed by atoms with van der Waals surface area (Å²) in [5.74, 6) is 0.615. The van der Waals surface area contributed by atoms with Crippen molar-refractivity contribution in [3.8, 4) is 0 Å². The molecular formula is C17H28N4O4S. The highest BCUT2D eigenvalue weighted by molar-refractivity contribution is 7.89. The van der Waals surface area contributed by atoms with Crippen LogP contribution in [-0.2, 0) is 10.0 Å². The van der Waals surface area contributed by atoms with Crippen molar-refractivity contribution in [2.45, 2.75) is 43.5 Å². The first kappa shape index (κ1) is 20.6. The number of nitro benzene ring substituents is 1. The molecule has 9 heteroatoms. The highest BCUT2D eigenvalue weighted by atomic mass is 32.2. The van der Waals surface area contributed by atoms with Gasteiger partial charge in [0.05, 0.1) is 9.82 Å². The van der Waals surface area contributed by atoms with Gasteiger partial charge in [0.1, 0.15) is 5.69 Å². The van der Waals surface area contributed by atoms with Gasteiger partial charge < -0.3 is 10.2 Å². The summed E-state index contributed by atoms with van der Waals surface area (Å²) in [7, 11) is 0.0378. The lowest BCUT2D eigenvalue weighted by atomic mass is 9.88. The van der Waals surface area contributed by atoms with Crippen molar-refractivity contribution < 1.29 is 13.3 Å². The van der Waals surface area contributed by atoms with E-state index in [1.54, 1.807) is 0 Å². The maximum absolute atomic E-state index is 12.6. The van der Waals surface area contributed by atoms with Crippen molar-refractivity contribution in [2.75, 3.05) is 32.5 Å². The van der Waals surface area contributed by atoms with E-state index in [1.807, 2.05) is 19.0 Å². The third-order valence-electron chi connectivity index (χ3n) is 4.69. The highest BCUT2D eigenvalue weighted by Gasteiger charge is 2.26. The minimum Gasteiger partial charge on any atom is -0.378 e. The van der Waals surface area contributed by atoms with Gasteiger partial charge in [-0.1, -0.05) is 6.92 Å². The van der Waals surface area contributed by atoms with Gasteiger partial charge in [0.15, 0.2) is 0 Å². The van der Waals surface area contributed by atoms with Crippen LogP contribution in [0.4, 0.5) is 11.4 Å². The predicted molar refractivity (Wildman–Crippen MR) is 102 cm³/mol. The molecule has 0 radical (unpaired) electrons. The van der Waals surface area contributed by atoms with Crippen LogP contribution in [0, 0.1) is 16.0 Å². The second kappa shape index (κ2) is 8.79. The molecule has 146 valence electrons. The number of sulfonamides is 1. The van der Waals surface area contributed by atoms with Crippen LogP contribution in [0.5, 0.6) is 0 Å². The van der Waals surface area contributed by atoms with E-state index in [-0.39, 0.29) is 16.6 Å². The zero-order valence-corrected chi connectivity index (χ0v) is 16.4. The SMILES string of the molecule is CC1CCC(NS(=O)(=O)c2ccc(NCCN(C)C)c([N+](=O)[O-])c2)CC1. The van der Waals surface area contributed by atoms with Crippen molar-refractivity contribution in [1.29, 1.82) is 0 Å². The third-order valence-corrected chi connectivity index (χ3v) is 6.21. The number of benzene rings is 1. The number of rotatable bonds is 8. The van der Waals surface area contributed by atoms with Crippen LogP contribution in [0.15, 0.2) is 23.1 Å².